The van der Waals surface area contributed by atoms with Crippen LogP contribution in [0, 0.1) is 0 Å². The summed E-state index contributed by atoms with van der Waals surface area (Å²) in [5.74, 6) is -2.87. The topological polar surface area (TPSA) is 78.9 Å². The molecule has 0 bridgehead atoms. The minimum absolute atomic E-state index is 0.204. The number of benzene rings is 1. The Labute approximate surface area is 154 Å². The van der Waals surface area contributed by atoms with Crippen LogP contribution in [0.15, 0.2) is 54.1 Å². The lowest BCUT2D eigenvalue weighted by atomic mass is 9.97. The molecule has 10 heteroatoms. The van der Waals surface area contributed by atoms with Crippen molar-refractivity contribution in [1.29, 1.82) is 0 Å². The first-order chi connectivity index (χ1) is 12.6. The molecule has 6 nitrogen and oxygen atoms in total. The number of halogens is 3. The maximum atomic E-state index is 12.8. The van der Waals surface area contributed by atoms with Gasteiger partial charge in [0.05, 0.1) is 20.1 Å². The van der Waals surface area contributed by atoms with E-state index in [0.29, 0.717) is 11.1 Å². The van der Waals surface area contributed by atoms with Crippen LogP contribution >= 0.6 is 0 Å². The van der Waals surface area contributed by atoms with Gasteiger partial charge in [-0.15, -0.1) is 0 Å². The van der Waals surface area contributed by atoms with E-state index in [-0.39, 0.29) is 19.4 Å². The van der Waals surface area contributed by atoms with Crippen molar-refractivity contribution in [3.63, 3.8) is 0 Å². The molecule has 0 saturated carbocycles. The molecule has 0 amide bonds. The van der Waals surface area contributed by atoms with Crippen molar-refractivity contribution in [3.8, 4) is 0 Å². The van der Waals surface area contributed by atoms with E-state index in [2.05, 4.69) is 8.92 Å². The van der Waals surface area contributed by atoms with Crippen molar-refractivity contribution in [2.75, 3.05) is 7.11 Å². The Hall–Kier alpha value is -2.17. The van der Waals surface area contributed by atoms with Crippen LogP contribution in [0.5, 0.6) is 0 Å². The minimum atomic E-state index is -5.94. The van der Waals surface area contributed by atoms with Gasteiger partial charge in [0.1, 0.15) is 0 Å². The Morgan fingerprint density at radius 2 is 1.89 bits per heavy atom. The molecule has 0 N–H and O–H groups in total. The molecule has 0 radical (unpaired) electrons. The van der Waals surface area contributed by atoms with E-state index >= 15 is 0 Å². The fourth-order valence-corrected chi connectivity index (χ4v) is 2.97. The lowest BCUT2D eigenvalue weighted by Gasteiger charge is -2.33. The van der Waals surface area contributed by atoms with Gasteiger partial charge in [0.25, 0.3) is 0 Å². The van der Waals surface area contributed by atoms with E-state index in [4.69, 9.17) is 4.74 Å². The molecule has 0 spiro atoms. The number of alkyl halides is 3. The summed E-state index contributed by atoms with van der Waals surface area (Å²) < 4.78 is 75.9. The molecule has 1 aliphatic rings. The maximum absolute atomic E-state index is 12.8. The SMILES string of the molecule is COC(=O)CC1=CC=CC(OCc2ccccc2)(OS(=O)(=O)C(F)(F)F)C1. The number of rotatable bonds is 7. The monoisotopic (exact) mass is 406 g/mol. The van der Waals surface area contributed by atoms with Crippen molar-refractivity contribution in [2.24, 2.45) is 0 Å². The van der Waals surface area contributed by atoms with Gasteiger partial charge in [-0.25, -0.2) is 4.18 Å². The number of carbonyl (C=O) groups is 1. The average molecular weight is 406 g/mol. The lowest BCUT2D eigenvalue weighted by Crippen LogP contribution is -2.41. The summed E-state index contributed by atoms with van der Waals surface area (Å²) in [6.07, 6.45) is 3.18. The minimum Gasteiger partial charge on any atom is -0.469 e. The number of carbonyl (C=O) groups excluding carboxylic acids is 1. The first-order valence-electron chi connectivity index (χ1n) is 7.71. The van der Waals surface area contributed by atoms with Gasteiger partial charge in [-0.3, -0.25) is 4.79 Å². The van der Waals surface area contributed by atoms with E-state index in [0.717, 1.165) is 13.2 Å². The summed E-state index contributed by atoms with van der Waals surface area (Å²) in [5, 5.41) is 0. The molecule has 1 unspecified atom stereocenters. The number of allylic oxidation sites excluding steroid dienone is 2. The molecule has 1 aliphatic carbocycles. The highest BCUT2D eigenvalue weighted by Crippen LogP contribution is 2.36. The van der Waals surface area contributed by atoms with Gasteiger partial charge in [0.2, 0.25) is 5.79 Å². The zero-order chi connectivity index (χ0) is 20.1. The number of ether oxygens (including phenoxy) is 2. The Bertz CT molecular complexity index is 830. The third kappa shape index (κ3) is 5.65. The van der Waals surface area contributed by atoms with Crippen LogP contribution in [0.2, 0.25) is 0 Å². The summed E-state index contributed by atoms with van der Waals surface area (Å²) in [6, 6.07) is 8.44. The van der Waals surface area contributed by atoms with Crippen molar-refractivity contribution in [1.82, 2.24) is 0 Å². The van der Waals surface area contributed by atoms with Gasteiger partial charge in [-0.2, -0.15) is 21.6 Å². The van der Waals surface area contributed by atoms with Crippen LogP contribution in [0.1, 0.15) is 18.4 Å². The highest BCUT2D eigenvalue weighted by Gasteiger charge is 2.52. The third-order valence-electron chi connectivity index (χ3n) is 3.61. The normalized spacial score (nSPS) is 20.2. The van der Waals surface area contributed by atoms with Crippen LogP contribution in [0.4, 0.5) is 13.2 Å². The van der Waals surface area contributed by atoms with E-state index in [9.17, 15) is 26.4 Å². The Kier molecular flexibility index (Phi) is 6.45. The summed E-state index contributed by atoms with van der Waals surface area (Å²) in [5.41, 5.74) is -4.72. The van der Waals surface area contributed by atoms with Gasteiger partial charge in [-0.1, -0.05) is 48.1 Å². The van der Waals surface area contributed by atoms with Crippen molar-refractivity contribution in [3.05, 3.63) is 59.7 Å². The fraction of sp³-hybridized carbons (Fsp3) is 0.353. The zero-order valence-corrected chi connectivity index (χ0v) is 15.0. The number of hydrogen-bond donors (Lipinski definition) is 0. The molecule has 1 aromatic rings. The van der Waals surface area contributed by atoms with E-state index in [1.165, 1.54) is 12.2 Å². The molecule has 148 valence electrons. The Morgan fingerprint density at radius 3 is 2.48 bits per heavy atom. The van der Waals surface area contributed by atoms with Gasteiger partial charge in [-0.05, 0) is 11.6 Å². The van der Waals surface area contributed by atoms with Crippen LogP contribution in [0.25, 0.3) is 0 Å². The third-order valence-corrected chi connectivity index (χ3v) is 4.68. The predicted molar refractivity (Wildman–Crippen MR) is 88.5 cm³/mol. The molecule has 1 atom stereocenters. The average Bonchev–Trinajstić information content (AvgIpc) is 2.60. The molecule has 27 heavy (non-hydrogen) atoms. The van der Waals surface area contributed by atoms with Gasteiger partial charge >= 0.3 is 21.6 Å². The standard InChI is InChI=1S/C17H17F3O6S/c1-24-15(21)10-14-8-5-9-16(11-14,26-27(22,23)17(18,19)20)25-12-13-6-3-2-4-7-13/h2-9H,10-12H2,1H3. The highest BCUT2D eigenvalue weighted by molar-refractivity contribution is 7.87. The van der Waals surface area contributed by atoms with E-state index < -0.39 is 27.4 Å². The van der Waals surface area contributed by atoms with Crippen LogP contribution in [0.3, 0.4) is 0 Å². The molecule has 0 heterocycles. The number of esters is 1. The predicted octanol–water partition coefficient (Wildman–Crippen LogP) is 3.22. The second-order valence-electron chi connectivity index (χ2n) is 5.68. The number of methoxy groups -OCH3 is 1. The first kappa shape index (κ1) is 21.1. The molecule has 0 saturated heterocycles. The quantitative estimate of drug-likeness (QED) is 0.299. The Balaban J connectivity index is 2.27. The van der Waals surface area contributed by atoms with Crippen LogP contribution < -0.4 is 0 Å². The van der Waals surface area contributed by atoms with Crippen molar-refractivity contribution in [2.45, 2.75) is 30.7 Å². The molecule has 0 aliphatic heterocycles. The van der Waals surface area contributed by atoms with Crippen molar-refractivity contribution >= 4 is 16.1 Å². The molecule has 0 aromatic heterocycles. The van der Waals surface area contributed by atoms with Gasteiger partial charge < -0.3 is 9.47 Å². The molecule has 2 rings (SSSR count). The smallest absolute Gasteiger partial charge is 0.469 e. The van der Waals surface area contributed by atoms with Crippen molar-refractivity contribution < 1.29 is 40.0 Å². The van der Waals surface area contributed by atoms with Gasteiger partial charge in [0, 0.05) is 6.42 Å². The van der Waals surface area contributed by atoms with E-state index in [1.807, 2.05) is 0 Å². The van der Waals surface area contributed by atoms with Crippen LogP contribution in [-0.4, -0.2) is 32.8 Å². The first-order valence-corrected chi connectivity index (χ1v) is 9.12. The van der Waals surface area contributed by atoms with Gasteiger partial charge in [0.15, 0.2) is 0 Å². The second kappa shape index (κ2) is 8.24. The molecular formula is C17H17F3O6S. The lowest BCUT2D eigenvalue weighted by molar-refractivity contribution is -0.164. The largest absolute Gasteiger partial charge is 0.523 e. The highest BCUT2D eigenvalue weighted by atomic mass is 32.2. The summed E-state index contributed by atoms with van der Waals surface area (Å²) in [4.78, 5) is 11.4. The Morgan fingerprint density at radius 1 is 1.22 bits per heavy atom. The van der Waals surface area contributed by atoms with Crippen LogP contribution in [-0.2, 0) is 35.2 Å². The summed E-state index contributed by atoms with van der Waals surface area (Å²) >= 11 is 0. The summed E-state index contributed by atoms with van der Waals surface area (Å²) in [6.45, 7) is -0.204. The second-order valence-corrected chi connectivity index (χ2v) is 7.22. The maximum Gasteiger partial charge on any atom is 0.523 e. The van der Waals surface area contributed by atoms with E-state index in [1.54, 1.807) is 30.3 Å². The molecule has 1 aromatic carbocycles. The number of hydrogen-bond acceptors (Lipinski definition) is 6. The zero-order valence-electron chi connectivity index (χ0n) is 14.2. The summed E-state index contributed by atoms with van der Waals surface area (Å²) in [7, 11) is -4.78. The fourth-order valence-electron chi connectivity index (χ4n) is 2.34. The molecule has 0 fully saturated rings. The molecular weight excluding hydrogens is 389 g/mol.